The number of nitriles is 1. The fourth-order valence-electron chi connectivity index (χ4n) is 3.06. The lowest BCUT2D eigenvalue weighted by molar-refractivity contribution is -0.117. The molecule has 0 spiro atoms. The topological polar surface area (TPSA) is 102 Å². The number of nitrogens with zero attached hydrogens (tertiary/aromatic N) is 1. The summed E-state index contributed by atoms with van der Waals surface area (Å²) in [5, 5.41) is 15.0. The molecule has 8 heteroatoms. The maximum Gasteiger partial charge on any atom is 0.263 e. The third-order valence-corrected chi connectivity index (χ3v) is 4.67. The maximum absolute atomic E-state index is 12.3. The fourth-order valence-corrected chi connectivity index (χ4v) is 3.06. The standard InChI is InChI=1S/C23H25N3O5/c1-28-19-8-7-16(11-22(19)29-2)9-10-26-23(27)17(12-24)13-25-14-18-15-30-20-5-3-4-6-21(20)31-18/h3-8,11,13,18,25H,9-10,14-15H2,1-2H3,(H,26,27)/b17-13-. The summed E-state index contributed by atoms with van der Waals surface area (Å²) in [7, 11) is 3.15. The van der Waals surface area contributed by atoms with Crippen LogP contribution in [0.3, 0.4) is 0 Å². The number of hydrogen-bond donors (Lipinski definition) is 2. The molecule has 8 nitrogen and oxygen atoms in total. The quantitative estimate of drug-likeness (QED) is 0.471. The van der Waals surface area contributed by atoms with Gasteiger partial charge >= 0.3 is 0 Å². The lowest BCUT2D eigenvalue weighted by atomic mass is 10.1. The van der Waals surface area contributed by atoms with Crippen LogP contribution in [-0.4, -0.2) is 45.9 Å². The predicted molar refractivity (Wildman–Crippen MR) is 114 cm³/mol. The Hall–Kier alpha value is -3.86. The van der Waals surface area contributed by atoms with Crippen LogP contribution in [0.5, 0.6) is 23.0 Å². The van der Waals surface area contributed by atoms with Gasteiger partial charge in [-0.1, -0.05) is 18.2 Å². The summed E-state index contributed by atoms with van der Waals surface area (Å²) in [5.41, 5.74) is 0.970. The summed E-state index contributed by atoms with van der Waals surface area (Å²) >= 11 is 0. The van der Waals surface area contributed by atoms with Crippen LogP contribution in [-0.2, 0) is 11.2 Å². The Morgan fingerprint density at radius 2 is 1.97 bits per heavy atom. The molecule has 3 rings (SSSR count). The van der Waals surface area contributed by atoms with Gasteiger partial charge in [0.2, 0.25) is 0 Å². The smallest absolute Gasteiger partial charge is 0.263 e. The molecule has 162 valence electrons. The van der Waals surface area contributed by atoms with E-state index in [0.29, 0.717) is 49.1 Å². The highest BCUT2D eigenvalue weighted by atomic mass is 16.6. The molecule has 1 aliphatic heterocycles. The number of methoxy groups -OCH3 is 2. The Morgan fingerprint density at radius 1 is 1.19 bits per heavy atom. The average molecular weight is 423 g/mol. The summed E-state index contributed by atoms with van der Waals surface area (Å²) in [5.74, 6) is 2.22. The first-order valence-electron chi connectivity index (χ1n) is 9.85. The van der Waals surface area contributed by atoms with Crippen molar-refractivity contribution in [2.75, 3.05) is 33.9 Å². The molecule has 0 aromatic heterocycles. The molecule has 1 unspecified atom stereocenters. The monoisotopic (exact) mass is 423 g/mol. The van der Waals surface area contributed by atoms with E-state index >= 15 is 0 Å². The zero-order chi connectivity index (χ0) is 22.1. The van der Waals surface area contributed by atoms with Gasteiger partial charge in [-0.05, 0) is 36.2 Å². The Balaban J connectivity index is 1.46. The predicted octanol–water partition coefficient (Wildman–Crippen LogP) is 2.20. The number of ether oxygens (including phenoxy) is 4. The van der Waals surface area contributed by atoms with Gasteiger partial charge < -0.3 is 29.6 Å². The molecule has 0 radical (unpaired) electrons. The lowest BCUT2D eigenvalue weighted by Gasteiger charge is -2.26. The lowest BCUT2D eigenvalue weighted by Crippen LogP contribution is -2.37. The molecule has 1 amide bonds. The van der Waals surface area contributed by atoms with E-state index in [-0.39, 0.29) is 11.7 Å². The number of carbonyl (C=O) groups is 1. The molecule has 0 fully saturated rings. The number of hydrogen-bond acceptors (Lipinski definition) is 7. The van der Waals surface area contributed by atoms with Crippen LogP contribution < -0.4 is 29.6 Å². The van der Waals surface area contributed by atoms with Gasteiger partial charge in [-0.3, -0.25) is 4.79 Å². The van der Waals surface area contributed by atoms with E-state index in [1.807, 2.05) is 48.5 Å². The molecule has 1 atom stereocenters. The van der Waals surface area contributed by atoms with Crippen LogP contribution >= 0.6 is 0 Å². The van der Waals surface area contributed by atoms with E-state index in [0.717, 1.165) is 5.56 Å². The molecule has 0 aliphatic carbocycles. The van der Waals surface area contributed by atoms with E-state index in [1.54, 1.807) is 14.2 Å². The van der Waals surface area contributed by atoms with Gasteiger partial charge in [0.1, 0.15) is 24.4 Å². The van der Waals surface area contributed by atoms with Crippen LogP contribution in [0.4, 0.5) is 0 Å². The second kappa shape index (κ2) is 10.8. The minimum atomic E-state index is -0.443. The van der Waals surface area contributed by atoms with Crippen LogP contribution in [0.2, 0.25) is 0 Å². The first-order valence-corrected chi connectivity index (χ1v) is 9.85. The van der Waals surface area contributed by atoms with Gasteiger partial charge in [-0.25, -0.2) is 0 Å². The van der Waals surface area contributed by atoms with E-state index < -0.39 is 5.91 Å². The molecule has 0 saturated carbocycles. The van der Waals surface area contributed by atoms with Crippen LogP contribution in [0.25, 0.3) is 0 Å². The van der Waals surface area contributed by atoms with Gasteiger partial charge in [-0.2, -0.15) is 5.26 Å². The van der Waals surface area contributed by atoms with Gasteiger partial charge in [0, 0.05) is 12.7 Å². The molecular formula is C23H25N3O5. The molecule has 31 heavy (non-hydrogen) atoms. The van der Waals surface area contributed by atoms with Crippen LogP contribution in [0.15, 0.2) is 54.2 Å². The number of fused-ring (bicyclic) bond motifs is 1. The highest BCUT2D eigenvalue weighted by molar-refractivity contribution is 5.97. The number of benzene rings is 2. The van der Waals surface area contributed by atoms with Crippen molar-refractivity contribution in [3.05, 3.63) is 59.8 Å². The molecule has 2 aromatic rings. The summed E-state index contributed by atoms with van der Waals surface area (Å²) in [6, 6.07) is 14.9. The van der Waals surface area contributed by atoms with Crippen molar-refractivity contribution in [1.82, 2.24) is 10.6 Å². The zero-order valence-corrected chi connectivity index (χ0v) is 17.5. The Bertz CT molecular complexity index is 983. The summed E-state index contributed by atoms with van der Waals surface area (Å²) in [6.07, 6.45) is 1.76. The fraction of sp³-hybridized carbons (Fsp3) is 0.304. The van der Waals surface area contributed by atoms with Crippen molar-refractivity contribution in [3.8, 4) is 29.1 Å². The van der Waals surface area contributed by atoms with E-state index in [4.69, 9.17) is 18.9 Å². The summed E-state index contributed by atoms with van der Waals surface area (Å²) < 4.78 is 22.0. The van der Waals surface area contributed by atoms with Gasteiger partial charge in [0.15, 0.2) is 23.0 Å². The van der Waals surface area contributed by atoms with Crippen molar-refractivity contribution in [1.29, 1.82) is 5.26 Å². The highest BCUT2D eigenvalue weighted by Gasteiger charge is 2.20. The number of amides is 1. The van der Waals surface area contributed by atoms with Crippen molar-refractivity contribution in [2.45, 2.75) is 12.5 Å². The molecular weight excluding hydrogens is 398 g/mol. The maximum atomic E-state index is 12.3. The number of nitrogens with one attached hydrogen (secondary N) is 2. The second-order valence-electron chi connectivity index (χ2n) is 6.77. The van der Waals surface area contributed by atoms with E-state index in [9.17, 15) is 10.1 Å². The average Bonchev–Trinajstić information content (AvgIpc) is 2.81. The van der Waals surface area contributed by atoms with Gasteiger partial charge in [0.25, 0.3) is 5.91 Å². The minimum absolute atomic E-state index is 0.00978. The Kier molecular flexibility index (Phi) is 7.60. The third-order valence-electron chi connectivity index (χ3n) is 4.67. The summed E-state index contributed by atoms with van der Waals surface area (Å²) in [4.78, 5) is 12.3. The third kappa shape index (κ3) is 5.82. The number of para-hydroxylation sites is 2. The SMILES string of the molecule is COc1ccc(CCNC(=O)/C(C#N)=C\NCC2COc3ccccc3O2)cc1OC. The minimum Gasteiger partial charge on any atom is -0.493 e. The summed E-state index contributed by atoms with van der Waals surface area (Å²) in [6.45, 7) is 1.17. The van der Waals surface area contributed by atoms with Crippen LogP contribution in [0, 0.1) is 11.3 Å². The van der Waals surface area contributed by atoms with Crippen molar-refractivity contribution in [3.63, 3.8) is 0 Å². The molecule has 0 bridgehead atoms. The molecule has 2 N–H and O–H groups in total. The first-order chi connectivity index (χ1) is 15.1. The first kappa shape index (κ1) is 21.8. The molecule has 1 heterocycles. The highest BCUT2D eigenvalue weighted by Crippen LogP contribution is 2.30. The molecule has 1 aliphatic rings. The second-order valence-corrected chi connectivity index (χ2v) is 6.77. The zero-order valence-electron chi connectivity index (χ0n) is 17.5. The van der Waals surface area contributed by atoms with E-state index in [1.165, 1.54) is 6.20 Å². The molecule has 2 aromatic carbocycles. The largest absolute Gasteiger partial charge is 0.493 e. The number of carbonyl (C=O) groups excluding carboxylic acids is 1. The van der Waals surface area contributed by atoms with Gasteiger partial charge in [0.05, 0.1) is 20.8 Å². The molecule has 0 saturated heterocycles. The normalized spacial score (nSPS) is 14.9. The Morgan fingerprint density at radius 3 is 2.71 bits per heavy atom. The van der Waals surface area contributed by atoms with Crippen LogP contribution in [0.1, 0.15) is 5.56 Å². The van der Waals surface area contributed by atoms with Gasteiger partial charge in [-0.15, -0.1) is 0 Å². The van der Waals surface area contributed by atoms with Crippen molar-refractivity contribution in [2.24, 2.45) is 0 Å². The van der Waals surface area contributed by atoms with Crippen molar-refractivity contribution < 1.29 is 23.7 Å². The Labute approximate surface area is 181 Å². The van der Waals surface area contributed by atoms with Crippen molar-refractivity contribution >= 4 is 5.91 Å². The number of rotatable bonds is 9. The van der Waals surface area contributed by atoms with E-state index in [2.05, 4.69) is 10.6 Å².